The van der Waals surface area contributed by atoms with E-state index in [1.54, 1.807) is 30.3 Å². The normalized spacial score (nSPS) is 11.6. The van der Waals surface area contributed by atoms with E-state index < -0.39 is 5.54 Å². The number of benzene rings is 2. The van der Waals surface area contributed by atoms with Gasteiger partial charge in [-0.05, 0) is 51.1 Å². The molecule has 0 bridgehead atoms. The number of aromatic amines is 1. The molecule has 7 nitrogen and oxygen atoms in total. The molecule has 2 heterocycles. The average molecular weight is 402 g/mol. The van der Waals surface area contributed by atoms with Crippen LogP contribution in [0.4, 0.5) is 0 Å². The second-order valence-electron chi connectivity index (χ2n) is 7.88. The highest BCUT2D eigenvalue weighted by molar-refractivity contribution is 6.00. The summed E-state index contributed by atoms with van der Waals surface area (Å²) in [7, 11) is 0. The molecule has 0 saturated carbocycles. The number of pyridine rings is 1. The molecule has 0 unspecified atom stereocenters. The summed E-state index contributed by atoms with van der Waals surface area (Å²) in [6.07, 6.45) is 1.44. The molecule has 2 aromatic heterocycles. The van der Waals surface area contributed by atoms with E-state index in [1.165, 1.54) is 6.33 Å². The minimum Gasteiger partial charge on any atom is -0.475 e. The van der Waals surface area contributed by atoms with E-state index in [4.69, 9.17) is 4.74 Å². The number of fused-ring (bicyclic) bond motifs is 2. The third kappa shape index (κ3) is 4.00. The second-order valence-corrected chi connectivity index (χ2v) is 7.88. The maximum atomic E-state index is 12.8. The second kappa shape index (κ2) is 7.59. The molecule has 0 aliphatic carbocycles. The van der Waals surface area contributed by atoms with Crippen LogP contribution in [0.1, 0.15) is 29.9 Å². The van der Waals surface area contributed by atoms with Crippen LogP contribution in [0.15, 0.2) is 59.7 Å². The van der Waals surface area contributed by atoms with Crippen molar-refractivity contribution in [2.24, 2.45) is 0 Å². The van der Waals surface area contributed by atoms with Gasteiger partial charge in [0.2, 0.25) is 5.88 Å². The van der Waals surface area contributed by atoms with E-state index in [1.807, 2.05) is 39.0 Å². The number of aryl methyl sites for hydroxylation is 1. The zero-order valence-corrected chi connectivity index (χ0v) is 17.0. The van der Waals surface area contributed by atoms with E-state index in [0.717, 1.165) is 11.2 Å². The molecule has 0 atom stereocenters. The van der Waals surface area contributed by atoms with Crippen molar-refractivity contribution in [3.05, 3.63) is 76.3 Å². The number of ether oxygens (including phenoxy) is 1. The monoisotopic (exact) mass is 402 g/mol. The predicted octanol–water partition coefficient (Wildman–Crippen LogP) is 3.37. The van der Waals surface area contributed by atoms with Gasteiger partial charge in [0.05, 0.1) is 11.1 Å². The van der Waals surface area contributed by atoms with Gasteiger partial charge in [-0.15, -0.1) is 0 Å². The van der Waals surface area contributed by atoms with Gasteiger partial charge in [0, 0.05) is 33.6 Å². The number of nitrogens with one attached hydrogen (secondary N) is 2. The number of para-hydroxylation sites is 1. The lowest BCUT2D eigenvalue weighted by Crippen LogP contribution is -2.47. The molecular weight excluding hydrogens is 380 g/mol. The first kappa shape index (κ1) is 19.6. The average Bonchev–Trinajstić information content (AvgIpc) is 2.72. The fourth-order valence-electron chi connectivity index (χ4n) is 3.25. The molecule has 0 radical (unpaired) electrons. The zero-order valence-electron chi connectivity index (χ0n) is 17.0. The van der Waals surface area contributed by atoms with Gasteiger partial charge in [-0.1, -0.05) is 12.1 Å². The molecule has 2 N–H and O–H groups in total. The molecule has 4 aromatic rings. The summed E-state index contributed by atoms with van der Waals surface area (Å²) in [6.45, 7) is 5.84. The molecule has 0 fully saturated rings. The highest BCUT2D eigenvalue weighted by Crippen LogP contribution is 2.17. The first-order valence-electron chi connectivity index (χ1n) is 9.61. The van der Waals surface area contributed by atoms with Crippen LogP contribution in [0.2, 0.25) is 0 Å². The number of hydrogen-bond acceptors (Lipinski definition) is 5. The Bertz CT molecular complexity index is 1310. The fraction of sp³-hybridized carbons (Fsp3) is 0.217. The maximum Gasteiger partial charge on any atom is 0.251 e. The molecule has 0 saturated heterocycles. The largest absolute Gasteiger partial charge is 0.475 e. The molecule has 7 heteroatoms. The van der Waals surface area contributed by atoms with Crippen molar-refractivity contribution in [3.8, 4) is 5.88 Å². The first-order chi connectivity index (χ1) is 14.3. The fourth-order valence-corrected chi connectivity index (χ4v) is 3.25. The van der Waals surface area contributed by atoms with Crippen LogP contribution in [-0.2, 0) is 0 Å². The summed E-state index contributed by atoms with van der Waals surface area (Å²) in [5, 5.41) is 4.15. The Balaban J connectivity index is 1.55. The highest BCUT2D eigenvalue weighted by Gasteiger charge is 2.23. The van der Waals surface area contributed by atoms with Gasteiger partial charge in [0.1, 0.15) is 12.9 Å². The third-order valence-corrected chi connectivity index (χ3v) is 4.78. The molecule has 30 heavy (non-hydrogen) atoms. The minimum absolute atomic E-state index is 0.0554. The van der Waals surface area contributed by atoms with Crippen molar-refractivity contribution < 1.29 is 9.53 Å². The first-order valence-corrected chi connectivity index (χ1v) is 9.61. The Labute approximate surface area is 173 Å². The van der Waals surface area contributed by atoms with Gasteiger partial charge < -0.3 is 15.0 Å². The number of aromatic nitrogens is 3. The van der Waals surface area contributed by atoms with E-state index in [0.29, 0.717) is 27.7 Å². The van der Waals surface area contributed by atoms with Crippen LogP contribution in [0.25, 0.3) is 21.8 Å². The molecule has 152 valence electrons. The molecule has 4 rings (SSSR count). The zero-order chi connectivity index (χ0) is 21.3. The highest BCUT2D eigenvalue weighted by atomic mass is 16.5. The van der Waals surface area contributed by atoms with Crippen LogP contribution < -0.4 is 15.5 Å². The number of nitrogens with zero attached hydrogens (tertiary/aromatic N) is 2. The van der Waals surface area contributed by atoms with Gasteiger partial charge in [-0.2, -0.15) is 0 Å². The van der Waals surface area contributed by atoms with Crippen LogP contribution in [0.3, 0.4) is 0 Å². The Hall–Kier alpha value is -3.74. The van der Waals surface area contributed by atoms with Gasteiger partial charge in [0.15, 0.2) is 5.43 Å². The Morgan fingerprint density at radius 2 is 1.83 bits per heavy atom. The van der Waals surface area contributed by atoms with Crippen molar-refractivity contribution in [1.29, 1.82) is 0 Å². The van der Waals surface area contributed by atoms with Crippen molar-refractivity contribution in [2.45, 2.75) is 26.3 Å². The lowest BCUT2D eigenvalue weighted by molar-refractivity contribution is 0.0878. The number of rotatable bonds is 5. The van der Waals surface area contributed by atoms with E-state index in [9.17, 15) is 9.59 Å². The van der Waals surface area contributed by atoms with Gasteiger partial charge >= 0.3 is 0 Å². The van der Waals surface area contributed by atoms with Crippen molar-refractivity contribution in [1.82, 2.24) is 20.3 Å². The number of carbonyl (C=O) groups is 1. The van der Waals surface area contributed by atoms with Gasteiger partial charge in [-0.25, -0.2) is 9.97 Å². The molecule has 1 amide bonds. The third-order valence-electron chi connectivity index (χ3n) is 4.78. The van der Waals surface area contributed by atoms with E-state index in [-0.39, 0.29) is 17.9 Å². The summed E-state index contributed by atoms with van der Waals surface area (Å²) < 4.78 is 5.71. The number of amides is 1. The van der Waals surface area contributed by atoms with E-state index in [2.05, 4.69) is 20.3 Å². The number of H-pyrrole nitrogens is 1. The summed E-state index contributed by atoms with van der Waals surface area (Å²) in [4.78, 5) is 36.9. The van der Waals surface area contributed by atoms with Crippen molar-refractivity contribution in [2.75, 3.05) is 6.61 Å². The Morgan fingerprint density at radius 1 is 1.07 bits per heavy atom. The molecule has 0 aliphatic heterocycles. The molecule has 2 aromatic carbocycles. The molecule has 0 spiro atoms. The molecule has 0 aliphatic rings. The summed E-state index contributed by atoms with van der Waals surface area (Å²) in [6, 6.07) is 14.1. The number of hydrogen-bond donors (Lipinski definition) is 2. The topological polar surface area (TPSA) is 97.0 Å². The smallest absolute Gasteiger partial charge is 0.251 e. The van der Waals surface area contributed by atoms with Crippen LogP contribution >= 0.6 is 0 Å². The van der Waals surface area contributed by atoms with Gasteiger partial charge in [-0.3, -0.25) is 9.59 Å². The summed E-state index contributed by atoms with van der Waals surface area (Å²) >= 11 is 0. The van der Waals surface area contributed by atoms with Crippen LogP contribution in [0, 0.1) is 6.92 Å². The van der Waals surface area contributed by atoms with E-state index >= 15 is 0 Å². The lowest BCUT2D eigenvalue weighted by atomic mass is 10.0. The summed E-state index contributed by atoms with van der Waals surface area (Å²) in [5.74, 6) is 0.207. The standard InChI is InChI=1S/C23H22N4O3/c1-14-10-20(25-13-24-14)30-12-23(2,3)27-22(29)15-8-9-17-19(11-15)26-18-7-5-4-6-16(18)21(17)28/h4-11,13H,12H2,1-3H3,(H,26,28)(H,27,29). The predicted molar refractivity (Wildman–Crippen MR) is 116 cm³/mol. The van der Waals surface area contributed by atoms with Crippen LogP contribution in [0.5, 0.6) is 5.88 Å². The Morgan fingerprint density at radius 3 is 2.63 bits per heavy atom. The van der Waals surface area contributed by atoms with Gasteiger partial charge in [0.25, 0.3) is 5.91 Å². The van der Waals surface area contributed by atoms with Crippen LogP contribution in [-0.4, -0.2) is 33.0 Å². The lowest BCUT2D eigenvalue weighted by Gasteiger charge is -2.26. The molecular formula is C23H22N4O3. The maximum absolute atomic E-state index is 12.8. The SMILES string of the molecule is Cc1cc(OCC(C)(C)NC(=O)c2ccc3c(=O)c4ccccc4[nH]c3c2)ncn1. The Kier molecular flexibility index (Phi) is 4.95. The number of carbonyl (C=O) groups excluding carboxylic acids is 1. The summed E-state index contributed by atoms with van der Waals surface area (Å²) in [5.41, 5.74) is 1.93. The van der Waals surface area contributed by atoms with Crippen molar-refractivity contribution in [3.63, 3.8) is 0 Å². The van der Waals surface area contributed by atoms with Crippen molar-refractivity contribution >= 4 is 27.7 Å². The minimum atomic E-state index is -0.637. The quantitative estimate of drug-likeness (QED) is 0.499.